The normalized spacial score (nSPS) is 25.1. The van der Waals surface area contributed by atoms with E-state index >= 15 is 0 Å². The first kappa shape index (κ1) is 10.9. The Labute approximate surface area is 89.6 Å². The Kier molecular flexibility index (Phi) is 3.26. The maximum Gasteiger partial charge on any atom is 0.303 e. The number of carboxylic acids is 1. The maximum absolute atomic E-state index is 10.6. The molecule has 1 aliphatic heterocycles. The molecule has 2 fully saturated rings. The first-order chi connectivity index (χ1) is 7.20. The molecule has 1 N–H and O–H groups in total. The fourth-order valence-corrected chi connectivity index (χ4v) is 2.01. The van der Waals surface area contributed by atoms with Crippen LogP contribution in [0.5, 0.6) is 0 Å². The second-order valence-corrected chi connectivity index (χ2v) is 4.69. The summed E-state index contributed by atoms with van der Waals surface area (Å²) in [6.45, 7) is 2.16. The van der Waals surface area contributed by atoms with E-state index < -0.39 is 5.97 Å². The van der Waals surface area contributed by atoms with Crippen LogP contribution in [0.4, 0.5) is 0 Å². The van der Waals surface area contributed by atoms with E-state index in [2.05, 4.69) is 0 Å². The summed E-state index contributed by atoms with van der Waals surface area (Å²) in [6.07, 6.45) is 4.44. The highest BCUT2D eigenvalue weighted by Crippen LogP contribution is 2.49. The van der Waals surface area contributed by atoms with Crippen LogP contribution in [0.2, 0.25) is 0 Å². The van der Waals surface area contributed by atoms with Crippen LogP contribution in [0, 0.1) is 5.41 Å². The minimum absolute atomic E-state index is 0.0376. The molecule has 1 saturated heterocycles. The molecule has 4 nitrogen and oxygen atoms in total. The predicted octanol–water partition coefficient (Wildman–Crippen LogP) is 1.44. The highest BCUT2D eigenvalue weighted by atomic mass is 16.5. The molecule has 0 aromatic carbocycles. The van der Waals surface area contributed by atoms with Crippen LogP contribution in [0.3, 0.4) is 0 Å². The van der Waals surface area contributed by atoms with Crippen molar-refractivity contribution < 1.29 is 19.4 Å². The Bertz CT molecular complexity index is 229. The van der Waals surface area contributed by atoms with Gasteiger partial charge in [0.05, 0.1) is 19.1 Å². The average Bonchev–Trinajstić information content (AvgIpc) is 2.96. The molecule has 0 bridgehead atoms. The van der Waals surface area contributed by atoms with Gasteiger partial charge in [-0.05, 0) is 25.7 Å². The molecule has 15 heavy (non-hydrogen) atoms. The molecular formula is C11H18O4. The standard InChI is InChI=1S/C11H18O4/c12-10(13)7-11(3-4-11)8-15-9-1-5-14-6-2-9/h9H,1-8H2,(H,12,13). The molecule has 0 amide bonds. The van der Waals surface area contributed by atoms with Crippen molar-refractivity contribution >= 4 is 5.97 Å². The van der Waals surface area contributed by atoms with Crippen molar-refractivity contribution in [2.75, 3.05) is 19.8 Å². The number of ether oxygens (including phenoxy) is 2. The van der Waals surface area contributed by atoms with E-state index in [1.165, 1.54) is 0 Å². The summed E-state index contributed by atoms with van der Waals surface area (Å²) in [6, 6.07) is 0. The van der Waals surface area contributed by atoms with Gasteiger partial charge in [0.25, 0.3) is 0 Å². The lowest BCUT2D eigenvalue weighted by Crippen LogP contribution is -2.27. The number of rotatable bonds is 5. The fourth-order valence-electron chi connectivity index (χ4n) is 2.01. The van der Waals surface area contributed by atoms with Crippen LogP contribution < -0.4 is 0 Å². The number of hydrogen-bond donors (Lipinski definition) is 1. The first-order valence-corrected chi connectivity index (χ1v) is 5.61. The molecule has 1 saturated carbocycles. The molecule has 0 aromatic rings. The first-order valence-electron chi connectivity index (χ1n) is 5.61. The molecule has 0 atom stereocenters. The van der Waals surface area contributed by atoms with Crippen molar-refractivity contribution in [1.82, 2.24) is 0 Å². The molecular weight excluding hydrogens is 196 g/mol. The number of carboxylic acid groups (broad SMARTS) is 1. The van der Waals surface area contributed by atoms with Crippen LogP contribution in [0.1, 0.15) is 32.1 Å². The van der Waals surface area contributed by atoms with E-state index in [0.29, 0.717) is 6.61 Å². The number of carbonyl (C=O) groups is 1. The van der Waals surface area contributed by atoms with E-state index in [4.69, 9.17) is 14.6 Å². The maximum atomic E-state index is 10.6. The zero-order valence-electron chi connectivity index (χ0n) is 8.91. The smallest absolute Gasteiger partial charge is 0.303 e. The van der Waals surface area contributed by atoms with Gasteiger partial charge >= 0.3 is 5.97 Å². The zero-order valence-corrected chi connectivity index (χ0v) is 8.91. The summed E-state index contributed by atoms with van der Waals surface area (Å²) >= 11 is 0. The van der Waals surface area contributed by atoms with Crippen molar-refractivity contribution in [2.24, 2.45) is 5.41 Å². The van der Waals surface area contributed by atoms with Crippen LogP contribution in [0.25, 0.3) is 0 Å². The van der Waals surface area contributed by atoms with Gasteiger partial charge in [-0.25, -0.2) is 0 Å². The molecule has 1 aliphatic carbocycles. The monoisotopic (exact) mass is 214 g/mol. The van der Waals surface area contributed by atoms with Gasteiger partial charge in [-0.3, -0.25) is 4.79 Å². The summed E-state index contributed by atoms with van der Waals surface area (Å²) in [4.78, 5) is 10.6. The van der Waals surface area contributed by atoms with E-state index in [1.807, 2.05) is 0 Å². The molecule has 0 radical (unpaired) electrons. The van der Waals surface area contributed by atoms with E-state index in [9.17, 15) is 4.79 Å². The molecule has 0 spiro atoms. The second kappa shape index (κ2) is 4.49. The van der Waals surface area contributed by atoms with Gasteiger partial charge in [-0.1, -0.05) is 0 Å². The summed E-state index contributed by atoms with van der Waals surface area (Å²) in [5, 5.41) is 8.75. The Balaban J connectivity index is 1.70. The molecule has 0 unspecified atom stereocenters. The van der Waals surface area contributed by atoms with Gasteiger partial charge in [-0.15, -0.1) is 0 Å². The van der Waals surface area contributed by atoms with Crippen LogP contribution in [-0.2, 0) is 14.3 Å². The summed E-state index contributed by atoms with van der Waals surface area (Å²) in [5.41, 5.74) is -0.0376. The SMILES string of the molecule is O=C(O)CC1(COC2CCOCC2)CC1. The molecule has 86 valence electrons. The number of hydrogen-bond acceptors (Lipinski definition) is 3. The van der Waals surface area contributed by atoms with E-state index in [1.54, 1.807) is 0 Å². The minimum Gasteiger partial charge on any atom is -0.481 e. The van der Waals surface area contributed by atoms with Gasteiger partial charge in [0, 0.05) is 18.6 Å². The largest absolute Gasteiger partial charge is 0.481 e. The van der Waals surface area contributed by atoms with E-state index in [-0.39, 0.29) is 17.9 Å². The van der Waals surface area contributed by atoms with Gasteiger partial charge < -0.3 is 14.6 Å². The molecule has 2 aliphatic rings. The fraction of sp³-hybridized carbons (Fsp3) is 0.909. The molecule has 1 heterocycles. The zero-order chi connectivity index (χ0) is 10.7. The van der Waals surface area contributed by atoms with Gasteiger partial charge in [-0.2, -0.15) is 0 Å². The third-order valence-electron chi connectivity index (χ3n) is 3.28. The van der Waals surface area contributed by atoms with Crippen LogP contribution in [-0.4, -0.2) is 37.0 Å². The Morgan fingerprint density at radius 2 is 2.07 bits per heavy atom. The van der Waals surface area contributed by atoms with Crippen LogP contribution >= 0.6 is 0 Å². The Morgan fingerprint density at radius 3 is 2.60 bits per heavy atom. The highest BCUT2D eigenvalue weighted by molar-refractivity contribution is 5.68. The Hall–Kier alpha value is -0.610. The minimum atomic E-state index is -0.705. The highest BCUT2D eigenvalue weighted by Gasteiger charge is 2.45. The predicted molar refractivity (Wildman–Crippen MR) is 53.7 cm³/mol. The van der Waals surface area contributed by atoms with Crippen molar-refractivity contribution in [2.45, 2.75) is 38.2 Å². The second-order valence-electron chi connectivity index (χ2n) is 4.69. The third-order valence-corrected chi connectivity index (χ3v) is 3.28. The van der Waals surface area contributed by atoms with E-state index in [0.717, 1.165) is 38.9 Å². The average molecular weight is 214 g/mol. The quantitative estimate of drug-likeness (QED) is 0.752. The van der Waals surface area contributed by atoms with Crippen molar-refractivity contribution in [3.63, 3.8) is 0 Å². The summed E-state index contributed by atoms with van der Waals surface area (Å²) < 4.78 is 11.0. The molecule has 2 rings (SSSR count). The van der Waals surface area contributed by atoms with Gasteiger partial charge in [0.1, 0.15) is 0 Å². The Morgan fingerprint density at radius 1 is 1.40 bits per heavy atom. The van der Waals surface area contributed by atoms with Crippen molar-refractivity contribution in [3.05, 3.63) is 0 Å². The lowest BCUT2D eigenvalue weighted by molar-refractivity contribution is -0.139. The lowest BCUT2D eigenvalue weighted by atomic mass is 10.0. The van der Waals surface area contributed by atoms with Crippen molar-refractivity contribution in [3.8, 4) is 0 Å². The van der Waals surface area contributed by atoms with Gasteiger partial charge in [0.15, 0.2) is 0 Å². The third kappa shape index (κ3) is 3.18. The van der Waals surface area contributed by atoms with Crippen molar-refractivity contribution in [1.29, 1.82) is 0 Å². The van der Waals surface area contributed by atoms with Crippen LogP contribution in [0.15, 0.2) is 0 Å². The molecule has 0 aromatic heterocycles. The van der Waals surface area contributed by atoms with Gasteiger partial charge in [0.2, 0.25) is 0 Å². The topological polar surface area (TPSA) is 55.8 Å². The molecule has 4 heteroatoms. The summed E-state index contributed by atoms with van der Waals surface area (Å²) in [5.74, 6) is -0.705. The lowest BCUT2D eigenvalue weighted by Gasteiger charge is -2.24. The number of aliphatic carboxylic acids is 1. The summed E-state index contributed by atoms with van der Waals surface area (Å²) in [7, 11) is 0.